The molecule has 0 aliphatic heterocycles. The zero-order valence-corrected chi connectivity index (χ0v) is 12.6. The average Bonchev–Trinajstić information content (AvgIpc) is 2.68. The molecule has 0 saturated carbocycles. The largest absolute Gasteiger partial charge is 0.349 e. The third-order valence-electron chi connectivity index (χ3n) is 3.16. The monoisotopic (exact) mass is 291 g/mol. The lowest BCUT2D eigenvalue weighted by molar-refractivity contribution is 0.0939. The summed E-state index contributed by atoms with van der Waals surface area (Å²) in [5.74, 6) is -0.0942. The Labute approximate surface area is 123 Å². The van der Waals surface area contributed by atoms with E-state index in [1.54, 1.807) is 0 Å². The Kier molecular flexibility index (Phi) is 4.45. The number of aromatic nitrogens is 2. The van der Waals surface area contributed by atoms with Gasteiger partial charge in [-0.05, 0) is 44.9 Å². The maximum absolute atomic E-state index is 12.2. The summed E-state index contributed by atoms with van der Waals surface area (Å²) in [5.41, 5.74) is 3.23. The van der Waals surface area contributed by atoms with Crippen molar-refractivity contribution in [1.82, 2.24) is 15.5 Å². The highest BCUT2D eigenvalue weighted by atomic mass is 35.5. The predicted octanol–water partition coefficient (Wildman–Crippen LogP) is 3.04. The van der Waals surface area contributed by atoms with Gasteiger partial charge in [0.05, 0.1) is 11.3 Å². The summed E-state index contributed by atoms with van der Waals surface area (Å²) in [5, 5.41) is 10.6. The van der Waals surface area contributed by atoms with Crippen LogP contribution >= 0.6 is 11.6 Å². The minimum absolute atomic E-state index is 0.0228. The fraction of sp³-hybridized carbons (Fsp3) is 0.333. The summed E-state index contributed by atoms with van der Waals surface area (Å²) in [6.45, 7) is 5.64. The molecule has 0 radical (unpaired) electrons. The van der Waals surface area contributed by atoms with Gasteiger partial charge in [-0.15, -0.1) is 0 Å². The second-order valence-corrected chi connectivity index (χ2v) is 5.45. The van der Waals surface area contributed by atoms with E-state index < -0.39 is 0 Å². The first-order chi connectivity index (χ1) is 9.47. The Morgan fingerprint density at radius 2 is 2.20 bits per heavy atom. The molecule has 5 heteroatoms. The van der Waals surface area contributed by atoms with Crippen molar-refractivity contribution in [3.05, 3.63) is 51.8 Å². The highest BCUT2D eigenvalue weighted by Gasteiger charge is 2.17. The van der Waals surface area contributed by atoms with Crippen molar-refractivity contribution in [2.45, 2.75) is 33.2 Å². The second-order valence-electron chi connectivity index (χ2n) is 5.02. The van der Waals surface area contributed by atoms with Crippen LogP contribution in [0.4, 0.5) is 0 Å². The number of amides is 1. The molecule has 1 heterocycles. The van der Waals surface area contributed by atoms with E-state index in [1.165, 1.54) is 0 Å². The van der Waals surface area contributed by atoms with Crippen LogP contribution in [-0.2, 0) is 6.42 Å². The highest BCUT2D eigenvalue weighted by molar-refractivity contribution is 6.30. The van der Waals surface area contributed by atoms with Crippen molar-refractivity contribution >= 4 is 17.5 Å². The van der Waals surface area contributed by atoms with Gasteiger partial charge in [0.25, 0.3) is 5.91 Å². The molecule has 2 rings (SSSR count). The Morgan fingerprint density at radius 1 is 1.45 bits per heavy atom. The molecule has 2 N–H and O–H groups in total. The van der Waals surface area contributed by atoms with Crippen molar-refractivity contribution in [3.8, 4) is 0 Å². The summed E-state index contributed by atoms with van der Waals surface area (Å²) in [7, 11) is 0. The van der Waals surface area contributed by atoms with Gasteiger partial charge in [-0.3, -0.25) is 9.89 Å². The normalized spacial score (nSPS) is 12.2. The topological polar surface area (TPSA) is 57.8 Å². The van der Waals surface area contributed by atoms with Crippen molar-refractivity contribution in [2.75, 3.05) is 0 Å². The fourth-order valence-corrected chi connectivity index (χ4v) is 2.46. The molecular formula is C15H18ClN3O. The first kappa shape index (κ1) is 14.6. The molecular weight excluding hydrogens is 274 g/mol. The third kappa shape index (κ3) is 3.39. The summed E-state index contributed by atoms with van der Waals surface area (Å²) < 4.78 is 0. The van der Waals surface area contributed by atoms with Crippen LogP contribution in [0.15, 0.2) is 24.3 Å². The number of halogens is 1. The van der Waals surface area contributed by atoms with Gasteiger partial charge in [0.1, 0.15) is 0 Å². The Balaban J connectivity index is 2.01. The van der Waals surface area contributed by atoms with E-state index in [-0.39, 0.29) is 11.9 Å². The van der Waals surface area contributed by atoms with Crippen molar-refractivity contribution in [1.29, 1.82) is 0 Å². The number of nitrogens with zero attached hydrogens (tertiary/aromatic N) is 1. The van der Waals surface area contributed by atoms with Crippen LogP contribution in [0.3, 0.4) is 0 Å². The van der Waals surface area contributed by atoms with E-state index >= 15 is 0 Å². The zero-order valence-electron chi connectivity index (χ0n) is 11.8. The number of aromatic amines is 1. The summed E-state index contributed by atoms with van der Waals surface area (Å²) in [6, 6.07) is 7.69. The zero-order chi connectivity index (χ0) is 14.7. The van der Waals surface area contributed by atoms with Gasteiger partial charge >= 0.3 is 0 Å². The fourth-order valence-electron chi connectivity index (χ4n) is 2.25. The molecule has 0 bridgehead atoms. The summed E-state index contributed by atoms with van der Waals surface area (Å²) >= 11 is 5.96. The van der Waals surface area contributed by atoms with E-state index in [4.69, 9.17) is 11.6 Å². The van der Waals surface area contributed by atoms with Gasteiger partial charge in [-0.2, -0.15) is 5.10 Å². The summed E-state index contributed by atoms with van der Waals surface area (Å²) in [6.07, 6.45) is 0.738. The standard InChI is InChI=1S/C15H18ClN3O/c1-9(7-12-5-4-6-13(16)8-12)17-15(20)14-10(2)18-19-11(14)3/h4-6,8-9H,7H2,1-3H3,(H,17,20)(H,18,19). The average molecular weight is 292 g/mol. The maximum Gasteiger partial charge on any atom is 0.255 e. The SMILES string of the molecule is Cc1n[nH]c(C)c1C(=O)NC(C)Cc1cccc(Cl)c1. The van der Waals surface area contributed by atoms with E-state index in [0.717, 1.165) is 23.4 Å². The Morgan fingerprint density at radius 3 is 2.80 bits per heavy atom. The number of hydrogen-bond donors (Lipinski definition) is 2. The van der Waals surface area contributed by atoms with Crippen LogP contribution in [0.1, 0.15) is 34.2 Å². The smallest absolute Gasteiger partial charge is 0.255 e. The first-order valence-electron chi connectivity index (χ1n) is 6.54. The summed E-state index contributed by atoms with van der Waals surface area (Å²) in [4.78, 5) is 12.2. The number of benzene rings is 1. The number of nitrogens with one attached hydrogen (secondary N) is 2. The molecule has 4 nitrogen and oxygen atoms in total. The highest BCUT2D eigenvalue weighted by Crippen LogP contribution is 2.13. The molecule has 20 heavy (non-hydrogen) atoms. The van der Waals surface area contributed by atoms with Crippen molar-refractivity contribution < 1.29 is 4.79 Å². The minimum Gasteiger partial charge on any atom is -0.349 e. The van der Waals surface area contributed by atoms with Crippen LogP contribution in [0, 0.1) is 13.8 Å². The Hall–Kier alpha value is -1.81. The molecule has 1 amide bonds. The predicted molar refractivity (Wildman–Crippen MR) is 80.1 cm³/mol. The molecule has 106 valence electrons. The lowest BCUT2D eigenvalue weighted by Gasteiger charge is -2.14. The van der Waals surface area contributed by atoms with Gasteiger partial charge in [0.2, 0.25) is 0 Å². The van der Waals surface area contributed by atoms with Gasteiger partial charge < -0.3 is 5.32 Å². The molecule has 1 atom stereocenters. The number of H-pyrrole nitrogens is 1. The van der Waals surface area contributed by atoms with Gasteiger partial charge in [0, 0.05) is 16.8 Å². The van der Waals surface area contributed by atoms with Crippen LogP contribution < -0.4 is 5.32 Å². The van der Waals surface area contributed by atoms with Crippen LogP contribution in [-0.4, -0.2) is 22.1 Å². The molecule has 0 saturated heterocycles. The van der Waals surface area contributed by atoms with E-state index in [0.29, 0.717) is 10.6 Å². The minimum atomic E-state index is -0.0942. The Bertz CT molecular complexity index is 602. The van der Waals surface area contributed by atoms with Crippen molar-refractivity contribution in [3.63, 3.8) is 0 Å². The van der Waals surface area contributed by atoms with Crippen LogP contribution in [0.25, 0.3) is 0 Å². The molecule has 1 aromatic heterocycles. The molecule has 0 aliphatic carbocycles. The van der Waals surface area contributed by atoms with E-state index in [2.05, 4.69) is 15.5 Å². The quantitative estimate of drug-likeness (QED) is 0.909. The third-order valence-corrected chi connectivity index (χ3v) is 3.40. The molecule has 1 unspecified atom stereocenters. The first-order valence-corrected chi connectivity index (χ1v) is 6.92. The van der Waals surface area contributed by atoms with E-state index in [9.17, 15) is 4.79 Å². The molecule has 0 fully saturated rings. The second kappa shape index (κ2) is 6.09. The van der Waals surface area contributed by atoms with Crippen LogP contribution in [0.2, 0.25) is 5.02 Å². The number of carbonyl (C=O) groups excluding carboxylic acids is 1. The molecule has 2 aromatic rings. The van der Waals surface area contributed by atoms with Gasteiger partial charge in [0.15, 0.2) is 0 Å². The number of aryl methyl sites for hydroxylation is 2. The van der Waals surface area contributed by atoms with Gasteiger partial charge in [-0.25, -0.2) is 0 Å². The van der Waals surface area contributed by atoms with Gasteiger partial charge in [-0.1, -0.05) is 23.7 Å². The number of hydrogen-bond acceptors (Lipinski definition) is 2. The number of carbonyl (C=O) groups is 1. The number of rotatable bonds is 4. The lowest BCUT2D eigenvalue weighted by atomic mass is 10.1. The maximum atomic E-state index is 12.2. The molecule has 1 aromatic carbocycles. The van der Waals surface area contributed by atoms with Crippen molar-refractivity contribution in [2.24, 2.45) is 0 Å². The van der Waals surface area contributed by atoms with E-state index in [1.807, 2.05) is 45.0 Å². The molecule has 0 spiro atoms. The van der Waals surface area contributed by atoms with Crippen LogP contribution in [0.5, 0.6) is 0 Å². The lowest BCUT2D eigenvalue weighted by Crippen LogP contribution is -2.34. The molecule has 0 aliphatic rings.